The van der Waals surface area contributed by atoms with Gasteiger partial charge < -0.3 is 18.1 Å². The van der Waals surface area contributed by atoms with Crippen molar-refractivity contribution < 1.29 is 21.7 Å². The van der Waals surface area contributed by atoms with Crippen LogP contribution in [0.25, 0.3) is 0 Å². The molecule has 72 valence electrons. The van der Waals surface area contributed by atoms with E-state index in [9.17, 15) is 4.79 Å². The molecule has 0 aromatic rings. The third kappa shape index (κ3) is 3.01. The number of aliphatic imine (C=N–C) groups is 1. The minimum absolute atomic E-state index is 0. The molecule has 0 saturated carbocycles. The zero-order chi connectivity index (χ0) is 9.03. The maximum Gasteiger partial charge on any atom is 0.223 e. The maximum absolute atomic E-state index is 10.5. The maximum atomic E-state index is 10.5. The van der Waals surface area contributed by atoms with Gasteiger partial charge in [-0.2, -0.15) is 0 Å². The summed E-state index contributed by atoms with van der Waals surface area (Å²) in [6.07, 6.45) is 7.31. The molecule has 0 radical (unpaired) electrons. The molecule has 1 unspecified atom stereocenters. The Morgan fingerprint density at radius 1 is 1.69 bits per heavy atom. The molecule has 4 nitrogen and oxygen atoms in total. The lowest BCUT2D eigenvalue weighted by atomic mass is 10.3. The van der Waals surface area contributed by atoms with Crippen LogP contribution in [0.4, 0.5) is 0 Å². The van der Waals surface area contributed by atoms with E-state index in [4.69, 9.17) is 5.73 Å². The summed E-state index contributed by atoms with van der Waals surface area (Å²) < 4.78 is 0.406. The minimum Gasteiger partial charge on any atom is -1.00 e. The molecule has 0 aromatic carbocycles. The molecule has 13 heavy (non-hydrogen) atoms. The zero-order valence-electron chi connectivity index (χ0n) is 7.19. The molecule has 0 spiro atoms. The number of amides is 1. The Morgan fingerprint density at radius 2 is 2.38 bits per heavy atom. The number of nitrogens with two attached hydrogens (primary N) is 1. The van der Waals surface area contributed by atoms with Gasteiger partial charge in [-0.25, -0.2) is 9.48 Å². The van der Waals surface area contributed by atoms with Crippen LogP contribution in [0.1, 0.15) is 6.42 Å². The quantitative estimate of drug-likeness (QED) is 0.496. The van der Waals surface area contributed by atoms with Crippen LogP contribution in [0.2, 0.25) is 0 Å². The molecule has 1 heterocycles. The van der Waals surface area contributed by atoms with Crippen LogP contribution in [-0.4, -0.2) is 23.3 Å². The second-order valence-electron chi connectivity index (χ2n) is 2.68. The lowest BCUT2D eigenvalue weighted by Crippen LogP contribution is -3.00. The fourth-order valence-electron chi connectivity index (χ4n) is 0.999. The van der Waals surface area contributed by atoms with Gasteiger partial charge in [0.2, 0.25) is 5.91 Å². The molecule has 0 aromatic heterocycles. The summed E-state index contributed by atoms with van der Waals surface area (Å²) in [6.45, 7) is 4.27. The minimum atomic E-state index is -0.303. The molecule has 1 aliphatic heterocycles. The van der Waals surface area contributed by atoms with Crippen LogP contribution in [0.15, 0.2) is 30.2 Å². The van der Waals surface area contributed by atoms with Crippen molar-refractivity contribution in [1.82, 2.24) is 0 Å². The van der Waals surface area contributed by atoms with Gasteiger partial charge in [0.05, 0.1) is 18.8 Å². The zero-order valence-corrected chi connectivity index (χ0v) is 7.94. The van der Waals surface area contributed by atoms with Crippen molar-refractivity contribution in [3.63, 3.8) is 0 Å². The van der Waals surface area contributed by atoms with E-state index in [0.29, 0.717) is 17.4 Å². The Hall–Kier alpha value is -1.13. The fourth-order valence-corrected chi connectivity index (χ4v) is 0.999. The van der Waals surface area contributed by atoms with Crippen molar-refractivity contribution in [2.45, 2.75) is 6.42 Å². The molecule has 1 rings (SSSR count). The van der Waals surface area contributed by atoms with E-state index in [-0.39, 0.29) is 18.3 Å². The van der Waals surface area contributed by atoms with Crippen LogP contribution in [0, 0.1) is 0 Å². The molecule has 1 aliphatic rings. The smallest absolute Gasteiger partial charge is 0.223 e. The van der Waals surface area contributed by atoms with Crippen molar-refractivity contribution in [3.05, 3.63) is 25.2 Å². The molecule has 0 saturated heterocycles. The number of nitrogens with zero attached hydrogens (tertiary/aromatic N) is 2. The van der Waals surface area contributed by atoms with Crippen molar-refractivity contribution in [1.29, 1.82) is 0 Å². The van der Waals surface area contributed by atoms with Gasteiger partial charge in [0.1, 0.15) is 12.7 Å². The molecular formula is C8H12ClN3O. The average molecular weight is 202 g/mol. The van der Waals surface area contributed by atoms with Gasteiger partial charge >= 0.3 is 0 Å². The Morgan fingerprint density at radius 3 is 2.77 bits per heavy atom. The number of quaternary nitrogens is 1. The number of primary amides is 1. The monoisotopic (exact) mass is 201 g/mol. The summed E-state index contributed by atoms with van der Waals surface area (Å²) >= 11 is 0. The number of carbonyl (C=O) groups is 1. The number of hydrogen-bond acceptors (Lipinski definition) is 2. The topological polar surface area (TPSA) is 55.5 Å². The lowest BCUT2D eigenvalue weighted by Gasteiger charge is -2.20. The number of carbonyl (C=O) groups excluding carboxylic acids is 1. The lowest BCUT2D eigenvalue weighted by molar-refractivity contribution is -0.720. The highest BCUT2D eigenvalue weighted by Gasteiger charge is 2.22. The first-order valence-electron chi connectivity index (χ1n) is 3.70. The Bertz CT molecular complexity index is 248. The van der Waals surface area contributed by atoms with Crippen molar-refractivity contribution in [2.75, 3.05) is 6.54 Å². The van der Waals surface area contributed by atoms with Crippen molar-refractivity contribution in [3.8, 4) is 0 Å². The molecule has 0 aliphatic carbocycles. The Labute approximate surface area is 83.4 Å². The van der Waals surface area contributed by atoms with E-state index in [1.54, 1.807) is 18.7 Å². The van der Waals surface area contributed by atoms with Gasteiger partial charge in [-0.15, -0.1) is 0 Å². The fraction of sp³-hybridized carbons (Fsp3) is 0.250. The average Bonchev–Trinajstić information content (AvgIpc) is 2.50. The molecular weight excluding hydrogens is 190 g/mol. The predicted molar refractivity (Wildman–Crippen MR) is 46.8 cm³/mol. The standard InChI is InChI=1S/C8H11N3O.ClH/c1-2-11(5-3-8(9)12)6-4-10-7-11;/h2,4,6-7H,1,3,5H2,(H-,9,12);1H. The van der Waals surface area contributed by atoms with Crippen LogP contribution >= 0.6 is 0 Å². The first-order chi connectivity index (χ1) is 5.68. The molecule has 2 N–H and O–H groups in total. The van der Waals surface area contributed by atoms with Gasteiger partial charge in [-0.1, -0.05) is 0 Å². The summed E-state index contributed by atoms with van der Waals surface area (Å²) in [5.41, 5.74) is 5.03. The van der Waals surface area contributed by atoms with Crippen LogP contribution in [0.5, 0.6) is 0 Å². The largest absolute Gasteiger partial charge is 1.00 e. The van der Waals surface area contributed by atoms with Gasteiger partial charge in [-0.3, -0.25) is 4.79 Å². The number of halogens is 1. The summed E-state index contributed by atoms with van der Waals surface area (Å²) in [4.78, 5) is 14.5. The first-order valence-corrected chi connectivity index (χ1v) is 3.70. The van der Waals surface area contributed by atoms with E-state index >= 15 is 0 Å². The molecule has 5 heteroatoms. The van der Waals surface area contributed by atoms with Crippen molar-refractivity contribution >= 4 is 12.2 Å². The van der Waals surface area contributed by atoms with Crippen LogP contribution < -0.4 is 18.1 Å². The Balaban J connectivity index is 0.00000144. The number of rotatable bonds is 4. The SMILES string of the molecule is C=C[N+]1(CCC(N)=O)C=CN=C1.[Cl-]. The predicted octanol–water partition coefficient (Wildman–Crippen LogP) is -2.66. The third-order valence-electron chi connectivity index (χ3n) is 1.80. The van der Waals surface area contributed by atoms with E-state index in [1.807, 2.05) is 6.20 Å². The second-order valence-corrected chi connectivity index (χ2v) is 2.68. The summed E-state index contributed by atoms with van der Waals surface area (Å²) in [5, 5.41) is 0. The van der Waals surface area contributed by atoms with Gasteiger partial charge in [0, 0.05) is 0 Å². The van der Waals surface area contributed by atoms with E-state index in [2.05, 4.69) is 11.6 Å². The second kappa shape index (κ2) is 4.79. The van der Waals surface area contributed by atoms with Gasteiger partial charge in [0.15, 0.2) is 6.34 Å². The van der Waals surface area contributed by atoms with E-state index < -0.39 is 0 Å². The molecule has 0 bridgehead atoms. The molecule has 1 atom stereocenters. The highest BCUT2D eigenvalue weighted by Crippen LogP contribution is 2.11. The first kappa shape index (κ1) is 11.9. The Kier molecular flexibility index (Phi) is 4.37. The van der Waals surface area contributed by atoms with E-state index in [1.165, 1.54) is 0 Å². The van der Waals surface area contributed by atoms with Crippen LogP contribution in [0.3, 0.4) is 0 Å². The molecule has 0 fully saturated rings. The van der Waals surface area contributed by atoms with Crippen LogP contribution in [-0.2, 0) is 4.79 Å². The highest BCUT2D eigenvalue weighted by molar-refractivity contribution is 5.74. The normalized spacial score (nSPS) is 24.0. The summed E-state index contributed by atoms with van der Waals surface area (Å²) in [6, 6.07) is 0. The third-order valence-corrected chi connectivity index (χ3v) is 1.80. The number of hydrogen-bond donors (Lipinski definition) is 1. The molecule has 1 amide bonds. The van der Waals surface area contributed by atoms with Gasteiger partial charge in [-0.05, 0) is 6.58 Å². The highest BCUT2D eigenvalue weighted by atomic mass is 35.5. The summed E-state index contributed by atoms with van der Waals surface area (Å²) in [5.74, 6) is -0.303. The van der Waals surface area contributed by atoms with Gasteiger partial charge in [0.25, 0.3) is 0 Å². The van der Waals surface area contributed by atoms with Crippen molar-refractivity contribution in [2.24, 2.45) is 10.7 Å². The van der Waals surface area contributed by atoms with E-state index in [0.717, 1.165) is 0 Å². The summed E-state index contributed by atoms with van der Waals surface area (Å²) in [7, 11) is 0.